The predicted molar refractivity (Wildman–Crippen MR) is 98.0 cm³/mol. The quantitative estimate of drug-likeness (QED) is 0.881. The topological polar surface area (TPSA) is 66.5 Å². The molecular weight excluding hydrogens is 348 g/mol. The van der Waals surface area contributed by atoms with Gasteiger partial charge in [0.2, 0.25) is 15.9 Å². The molecule has 2 rings (SSSR count). The normalized spacial score (nSPS) is 12.5. The molecule has 0 fully saturated rings. The minimum absolute atomic E-state index is 0.345. The number of carbonyl (C=O) groups excluding carboxylic acids is 1. The van der Waals surface area contributed by atoms with Gasteiger partial charge in [-0.2, -0.15) is 0 Å². The Hall–Kier alpha value is -2.05. The van der Waals surface area contributed by atoms with Crippen LogP contribution in [0.2, 0.25) is 5.02 Å². The monoisotopic (exact) mass is 366 g/mol. The number of sulfonamides is 1. The van der Waals surface area contributed by atoms with Gasteiger partial charge in [0.05, 0.1) is 11.9 Å². The van der Waals surface area contributed by atoms with E-state index in [9.17, 15) is 13.2 Å². The van der Waals surface area contributed by atoms with Crippen LogP contribution in [0.4, 0.5) is 11.4 Å². The molecule has 24 heavy (non-hydrogen) atoms. The minimum atomic E-state index is -3.67. The maximum absolute atomic E-state index is 12.6. The number of benzene rings is 2. The van der Waals surface area contributed by atoms with Gasteiger partial charge >= 0.3 is 0 Å². The molecule has 128 valence electrons. The second kappa shape index (κ2) is 7.23. The number of hydrogen-bond acceptors (Lipinski definition) is 3. The predicted octanol–water partition coefficient (Wildman–Crippen LogP) is 3.44. The largest absolute Gasteiger partial charge is 0.324 e. The molecule has 1 unspecified atom stereocenters. The number of aryl methyl sites for hydroxylation is 1. The first kappa shape index (κ1) is 18.3. The third-order valence-electron chi connectivity index (χ3n) is 3.55. The summed E-state index contributed by atoms with van der Waals surface area (Å²) in [6.45, 7) is 3.40. The van der Waals surface area contributed by atoms with E-state index in [4.69, 9.17) is 11.6 Å². The van der Waals surface area contributed by atoms with Crippen LogP contribution in [-0.4, -0.2) is 26.6 Å². The summed E-state index contributed by atoms with van der Waals surface area (Å²) in [5, 5.41) is 3.16. The number of nitrogens with one attached hydrogen (secondary N) is 1. The molecule has 2 aromatic rings. The average Bonchev–Trinajstić information content (AvgIpc) is 2.48. The van der Waals surface area contributed by atoms with E-state index in [0.717, 1.165) is 16.1 Å². The van der Waals surface area contributed by atoms with Crippen LogP contribution in [0.3, 0.4) is 0 Å². The fourth-order valence-corrected chi connectivity index (χ4v) is 3.72. The number of halogens is 1. The van der Waals surface area contributed by atoms with Crippen LogP contribution in [0.1, 0.15) is 12.5 Å². The van der Waals surface area contributed by atoms with Crippen molar-refractivity contribution < 1.29 is 13.2 Å². The summed E-state index contributed by atoms with van der Waals surface area (Å²) in [4.78, 5) is 12.6. The Morgan fingerprint density at radius 1 is 1.17 bits per heavy atom. The number of carbonyl (C=O) groups is 1. The van der Waals surface area contributed by atoms with Crippen molar-refractivity contribution in [1.29, 1.82) is 0 Å². The molecule has 1 N–H and O–H groups in total. The van der Waals surface area contributed by atoms with Crippen molar-refractivity contribution in [3.8, 4) is 0 Å². The Bertz CT molecular complexity index is 852. The molecule has 0 aliphatic heterocycles. The molecule has 0 aliphatic carbocycles. The number of amides is 1. The Morgan fingerprint density at radius 2 is 1.83 bits per heavy atom. The summed E-state index contributed by atoms with van der Waals surface area (Å²) in [5.74, 6) is -0.422. The van der Waals surface area contributed by atoms with E-state index < -0.39 is 22.0 Å². The van der Waals surface area contributed by atoms with Crippen molar-refractivity contribution in [2.45, 2.75) is 19.9 Å². The van der Waals surface area contributed by atoms with Gasteiger partial charge < -0.3 is 5.32 Å². The highest BCUT2D eigenvalue weighted by Gasteiger charge is 2.29. The third kappa shape index (κ3) is 4.27. The van der Waals surface area contributed by atoms with E-state index >= 15 is 0 Å². The smallest absolute Gasteiger partial charge is 0.248 e. The Kier molecular flexibility index (Phi) is 5.51. The van der Waals surface area contributed by atoms with Gasteiger partial charge in [0.15, 0.2) is 0 Å². The molecule has 0 saturated carbocycles. The lowest BCUT2D eigenvalue weighted by Gasteiger charge is -2.28. The highest BCUT2D eigenvalue weighted by atomic mass is 35.5. The van der Waals surface area contributed by atoms with Gasteiger partial charge in [0.25, 0.3) is 0 Å². The van der Waals surface area contributed by atoms with E-state index in [1.54, 1.807) is 30.3 Å². The maximum atomic E-state index is 12.6. The summed E-state index contributed by atoms with van der Waals surface area (Å²) >= 11 is 5.95. The lowest BCUT2D eigenvalue weighted by Crippen LogP contribution is -2.45. The van der Waals surface area contributed by atoms with E-state index in [1.165, 1.54) is 13.0 Å². The van der Waals surface area contributed by atoms with Crippen molar-refractivity contribution in [3.63, 3.8) is 0 Å². The van der Waals surface area contributed by atoms with Crippen LogP contribution in [0.5, 0.6) is 0 Å². The van der Waals surface area contributed by atoms with E-state index in [1.807, 2.05) is 19.1 Å². The second-order valence-corrected chi connectivity index (χ2v) is 7.81. The molecule has 0 spiro atoms. The zero-order chi connectivity index (χ0) is 17.9. The second-order valence-electron chi connectivity index (χ2n) is 5.52. The standard InChI is InChI=1S/C17H19ClN2O3S/c1-12-7-4-5-10-16(12)19-17(21)13(2)20(24(3,22)23)15-9-6-8-14(18)11-15/h4-11,13H,1-3H3,(H,19,21). The molecule has 7 heteroatoms. The zero-order valence-electron chi connectivity index (χ0n) is 13.7. The number of anilines is 2. The fourth-order valence-electron chi connectivity index (χ4n) is 2.37. The van der Waals surface area contributed by atoms with E-state index in [2.05, 4.69) is 5.32 Å². The molecule has 1 amide bonds. The van der Waals surface area contributed by atoms with E-state index in [-0.39, 0.29) is 0 Å². The highest BCUT2D eigenvalue weighted by Crippen LogP contribution is 2.25. The highest BCUT2D eigenvalue weighted by molar-refractivity contribution is 7.92. The fraction of sp³-hybridized carbons (Fsp3) is 0.235. The van der Waals surface area contributed by atoms with Gasteiger partial charge in [0.1, 0.15) is 6.04 Å². The SMILES string of the molecule is Cc1ccccc1NC(=O)C(C)N(c1cccc(Cl)c1)S(C)(=O)=O. The van der Waals surface area contributed by atoms with Crippen LogP contribution >= 0.6 is 11.6 Å². The molecule has 0 saturated heterocycles. The van der Waals surface area contributed by atoms with Crippen molar-refractivity contribution in [2.24, 2.45) is 0 Å². The maximum Gasteiger partial charge on any atom is 0.248 e. The van der Waals surface area contributed by atoms with Gasteiger partial charge in [-0.15, -0.1) is 0 Å². The van der Waals surface area contributed by atoms with Crippen LogP contribution in [-0.2, 0) is 14.8 Å². The van der Waals surface area contributed by atoms with Crippen molar-refractivity contribution in [3.05, 3.63) is 59.1 Å². The summed E-state index contributed by atoms with van der Waals surface area (Å²) < 4.78 is 25.5. The lowest BCUT2D eigenvalue weighted by atomic mass is 10.2. The average molecular weight is 367 g/mol. The van der Waals surface area contributed by atoms with Gasteiger partial charge in [-0.05, 0) is 43.7 Å². The Balaban J connectivity index is 2.33. The molecule has 0 heterocycles. The summed E-state index contributed by atoms with van der Waals surface area (Å²) in [7, 11) is -3.67. The van der Waals surface area contributed by atoms with Crippen LogP contribution in [0.25, 0.3) is 0 Å². The first-order valence-corrected chi connectivity index (χ1v) is 9.54. The van der Waals surface area contributed by atoms with Crippen molar-refractivity contribution in [2.75, 3.05) is 15.9 Å². The first-order chi connectivity index (χ1) is 11.2. The van der Waals surface area contributed by atoms with Gasteiger partial charge in [-0.25, -0.2) is 8.42 Å². The number of para-hydroxylation sites is 1. The first-order valence-electron chi connectivity index (χ1n) is 7.31. The molecule has 2 aromatic carbocycles. The number of nitrogens with zero attached hydrogens (tertiary/aromatic N) is 1. The summed E-state index contributed by atoms with van der Waals surface area (Å²) in [6, 6.07) is 12.8. The summed E-state index contributed by atoms with van der Waals surface area (Å²) in [5.41, 5.74) is 1.89. The van der Waals surface area contributed by atoms with Crippen LogP contribution in [0, 0.1) is 6.92 Å². The molecule has 0 radical (unpaired) electrons. The molecule has 5 nitrogen and oxygen atoms in total. The Labute approximate surface area is 147 Å². The number of rotatable bonds is 5. The molecule has 0 aromatic heterocycles. The van der Waals surface area contributed by atoms with Crippen LogP contribution in [0.15, 0.2) is 48.5 Å². The van der Waals surface area contributed by atoms with Crippen molar-refractivity contribution >= 4 is 38.9 Å². The molecule has 0 aliphatic rings. The van der Waals surface area contributed by atoms with Gasteiger partial charge in [-0.1, -0.05) is 35.9 Å². The van der Waals surface area contributed by atoms with E-state index in [0.29, 0.717) is 16.4 Å². The van der Waals surface area contributed by atoms with Gasteiger partial charge in [-0.3, -0.25) is 9.10 Å². The minimum Gasteiger partial charge on any atom is -0.324 e. The molecule has 0 bridgehead atoms. The van der Waals surface area contributed by atoms with Gasteiger partial charge in [0, 0.05) is 10.7 Å². The summed E-state index contributed by atoms with van der Waals surface area (Å²) in [6.07, 6.45) is 1.06. The molecular formula is C17H19ClN2O3S. The third-order valence-corrected chi connectivity index (χ3v) is 5.03. The lowest BCUT2D eigenvalue weighted by molar-refractivity contribution is -0.116. The Morgan fingerprint density at radius 3 is 2.42 bits per heavy atom. The molecule has 1 atom stereocenters. The number of hydrogen-bond donors (Lipinski definition) is 1. The zero-order valence-corrected chi connectivity index (χ0v) is 15.2. The van der Waals surface area contributed by atoms with Crippen molar-refractivity contribution in [1.82, 2.24) is 0 Å². The van der Waals surface area contributed by atoms with Crippen LogP contribution < -0.4 is 9.62 Å².